The smallest absolute Gasteiger partial charge is 0.134 e. The largest absolute Gasteiger partial charge is 0.460 e. The van der Waals surface area contributed by atoms with Gasteiger partial charge in [-0.3, -0.25) is 0 Å². The maximum absolute atomic E-state index is 9.57. The number of benzene rings is 1. The molecule has 1 aromatic carbocycles. The number of aliphatic hydroxyl groups is 1. The first-order chi connectivity index (χ1) is 11.7. The second-order valence-corrected chi connectivity index (χ2v) is 6.60. The lowest BCUT2D eigenvalue weighted by atomic mass is 9.97. The minimum atomic E-state index is -0.435. The summed E-state index contributed by atoms with van der Waals surface area (Å²) < 4.78 is 5.92. The normalized spacial score (nSPS) is 15.4. The minimum Gasteiger partial charge on any atom is -0.460 e. The van der Waals surface area contributed by atoms with Crippen molar-refractivity contribution < 1.29 is 9.52 Å². The average molecular weight is 362 g/mol. The van der Waals surface area contributed by atoms with Gasteiger partial charge in [-0.2, -0.15) is 0 Å². The van der Waals surface area contributed by atoms with Gasteiger partial charge in [0.2, 0.25) is 0 Å². The lowest BCUT2D eigenvalue weighted by molar-refractivity contribution is 0.199. The third kappa shape index (κ3) is 5.74. The van der Waals surface area contributed by atoms with Crippen LogP contribution in [0.3, 0.4) is 0 Å². The molecular weight excluding hydrogens is 334 g/mol. The van der Waals surface area contributed by atoms with Gasteiger partial charge in [-0.25, -0.2) is 0 Å². The van der Waals surface area contributed by atoms with E-state index in [-0.39, 0.29) is 12.4 Å². The average Bonchev–Trinajstić information content (AvgIpc) is 3.09. The predicted octanol–water partition coefficient (Wildman–Crippen LogP) is 5.40. The molecule has 2 aromatic rings. The molecule has 0 fully saturated rings. The molecule has 136 valence electrons. The van der Waals surface area contributed by atoms with Crippen molar-refractivity contribution in [3.63, 3.8) is 0 Å². The highest BCUT2D eigenvalue weighted by Crippen LogP contribution is 2.24. The van der Waals surface area contributed by atoms with Gasteiger partial charge in [-0.1, -0.05) is 35.9 Å². The molecule has 1 aliphatic carbocycles. The Morgan fingerprint density at radius 3 is 2.60 bits per heavy atom. The molecule has 2 N–H and O–H groups in total. The van der Waals surface area contributed by atoms with Crippen LogP contribution in [0.2, 0.25) is 0 Å². The standard InChI is InChI=1S/C21H27NO2.ClH/c1-16(23)18-7-9-19(10-8-18)21-12-11-20(24-21)15-22-14-13-17-5-3-2-4-6-17;/h5,7-12,16,22-23H,2-4,6,13-15H2,1H3;1H. The van der Waals surface area contributed by atoms with E-state index in [0.29, 0.717) is 0 Å². The zero-order valence-corrected chi connectivity index (χ0v) is 15.6. The summed E-state index contributed by atoms with van der Waals surface area (Å²) in [5, 5.41) is 13.0. The van der Waals surface area contributed by atoms with Crippen molar-refractivity contribution in [3.05, 3.63) is 59.4 Å². The summed E-state index contributed by atoms with van der Waals surface area (Å²) in [6, 6.07) is 11.9. The van der Waals surface area contributed by atoms with Crippen molar-refractivity contribution in [2.24, 2.45) is 0 Å². The van der Waals surface area contributed by atoms with Gasteiger partial charge in [0.1, 0.15) is 11.5 Å². The summed E-state index contributed by atoms with van der Waals surface area (Å²) in [5.41, 5.74) is 3.56. The van der Waals surface area contributed by atoms with E-state index in [1.165, 1.54) is 25.7 Å². The molecular formula is C21H28ClNO2. The minimum absolute atomic E-state index is 0. The van der Waals surface area contributed by atoms with Crippen molar-refractivity contribution in [3.8, 4) is 11.3 Å². The van der Waals surface area contributed by atoms with Crippen LogP contribution in [0.4, 0.5) is 0 Å². The summed E-state index contributed by atoms with van der Waals surface area (Å²) >= 11 is 0. The molecule has 0 saturated heterocycles. The first-order valence-electron chi connectivity index (χ1n) is 8.98. The summed E-state index contributed by atoms with van der Waals surface area (Å²) in [5.74, 6) is 1.83. The maximum atomic E-state index is 9.57. The van der Waals surface area contributed by atoms with Crippen LogP contribution in [-0.4, -0.2) is 11.7 Å². The number of allylic oxidation sites excluding steroid dienone is 1. The third-order valence-corrected chi connectivity index (χ3v) is 4.65. The Hall–Kier alpha value is -1.55. The highest BCUT2D eigenvalue weighted by Gasteiger charge is 2.07. The monoisotopic (exact) mass is 361 g/mol. The van der Waals surface area contributed by atoms with Crippen LogP contribution >= 0.6 is 12.4 Å². The van der Waals surface area contributed by atoms with Crippen LogP contribution in [0, 0.1) is 0 Å². The Labute approximate surface area is 156 Å². The van der Waals surface area contributed by atoms with Crippen LogP contribution in [0.1, 0.15) is 56.5 Å². The van der Waals surface area contributed by atoms with Crippen molar-refractivity contribution in [2.75, 3.05) is 6.54 Å². The van der Waals surface area contributed by atoms with E-state index < -0.39 is 6.10 Å². The van der Waals surface area contributed by atoms with Gasteiger partial charge in [-0.05, 0) is 63.3 Å². The van der Waals surface area contributed by atoms with Crippen molar-refractivity contribution in [1.82, 2.24) is 5.32 Å². The van der Waals surface area contributed by atoms with Crippen molar-refractivity contribution in [2.45, 2.75) is 51.7 Å². The zero-order chi connectivity index (χ0) is 16.8. The molecule has 0 saturated carbocycles. The molecule has 0 bridgehead atoms. The molecule has 1 unspecified atom stereocenters. The van der Waals surface area contributed by atoms with E-state index in [1.54, 1.807) is 12.5 Å². The Morgan fingerprint density at radius 1 is 1.12 bits per heavy atom. The van der Waals surface area contributed by atoms with Crippen LogP contribution in [0.5, 0.6) is 0 Å². The molecule has 0 amide bonds. The number of hydrogen-bond donors (Lipinski definition) is 2. The fraction of sp³-hybridized carbons (Fsp3) is 0.429. The van der Waals surface area contributed by atoms with Crippen LogP contribution in [0.15, 0.2) is 52.5 Å². The van der Waals surface area contributed by atoms with Gasteiger partial charge in [-0.15, -0.1) is 12.4 Å². The molecule has 1 atom stereocenters. The van der Waals surface area contributed by atoms with E-state index in [4.69, 9.17) is 4.42 Å². The molecule has 1 aromatic heterocycles. The SMILES string of the molecule is CC(O)c1ccc(-c2ccc(CNCCC3=CCCCC3)o2)cc1.Cl. The number of hydrogen-bond acceptors (Lipinski definition) is 3. The molecule has 0 spiro atoms. The number of halogens is 1. The molecule has 0 radical (unpaired) electrons. The molecule has 1 aliphatic rings. The fourth-order valence-corrected chi connectivity index (χ4v) is 3.15. The summed E-state index contributed by atoms with van der Waals surface area (Å²) in [4.78, 5) is 0. The number of aliphatic hydroxyl groups excluding tert-OH is 1. The van der Waals surface area contributed by atoms with E-state index >= 15 is 0 Å². The molecule has 3 rings (SSSR count). The molecule has 4 heteroatoms. The second kappa shape index (κ2) is 9.81. The zero-order valence-electron chi connectivity index (χ0n) is 14.8. The van der Waals surface area contributed by atoms with Crippen molar-refractivity contribution in [1.29, 1.82) is 0 Å². The summed E-state index contributed by atoms with van der Waals surface area (Å²) in [7, 11) is 0. The first-order valence-corrected chi connectivity index (χ1v) is 8.98. The third-order valence-electron chi connectivity index (χ3n) is 4.65. The Bertz CT molecular complexity index is 673. The number of rotatable bonds is 7. The predicted molar refractivity (Wildman–Crippen MR) is 105 cm³/mol. The lowest BCUT2D eigenvalue weighted by Gasteiger charge is -2.12. The highest BCUT2D eigenvalue weighted by molar-refractivity contribution is 5.85. The number of nitrogens with one attached hydrogen (secondary N) is 1. The summed E-state index contributed by atoms with van der Waals surface area (Å²) in [6.45, 7) is 3.54. The second-order valence-electron chi connectivity index (χ2n) is 6.60. The lowest BCUT2D eigenvalue weighted by Crippen LogP contribution is -2.15. The van der Waals surface area contributed by atoms with Gasteiger partial charge >= 0.3 is 0 Å². The van der Waals surface area contributed by atoms with Crippen LogP contribution in [-0.2, 0) is 6.54 Å². The highest BCUT2D eigenvalue weighted by atomic mass is 35.5. The topological polar surface area (TPSA) is 45.4 Å². The van der Waals surface area contributed by atoms with Gasteiger partial charge in [0.05, 0.1) is 12.6 Å². The van der Waals surface area contributed by atoms with Gasteiger partial charge < -0.3 is 14.8 Å². The maximum Gasteiger partial charge on any atom is 0.134 e. The summed E-state index contributed by atoms with van der Waals surface area (Å²) in [6.07, 6.45) is 8.35. The quantitative estimate of drug-likeness (QED) is 0.512. The van der Waals surface area contributed by atoms with Crippen LogP contribution < -0.4 is 5.32 Å². The van der Waals surface area contributed by atoms with Crippen LogP contribution in [0.25, 0.3) is 11.3 Å². The Morgan fingerprint density at radius 2 is 1.92 bits per heavy atom. The van der Waals surface area contributed by atoms with Gasteiger partial charge in [0.15, 0.2) is 0 Å². The van der Waals surface area contributed by atoms with Gasteiger partial charge in [0, 0.05) is 5.56 Å². The fourth-order valence-electron chi connectivity index (χ4n) is 3.15. The first kappa shape index (κ1) is 19.8. The number of furan rings is 1. The molecule has 0 aliphatic heterocycles. The molecule has 25 heavy (non-hydrogen) atoms. The molecule has 1 heterocycles. The Balaban J connectivity index is 0.00000225. The van der Waals surface area contributed by atoms with E-state index in [2.05, 4.69) is 11.4 Å². The molecule has 3 nitrogen and oxygen atoms in total. The van der Waals surface area contributed by atoms with Gasteiger partial charge in [0.25, 0.3) is 0 Å². The Kier molecular flexibility index (Phi) is 7.76. The van der Waals surface area contributed by atoms with E-state index in [1.807, 2.05) is 36.4 Å². The van der Waals surface area contributed by atoms with E-state index in [0.717, 1.165) is 42.2 Å². The van der Waals surface area contributed by atoms with Crippen molar-refractivity contribution >= 4 is 12.4 Å². The van der Waals surface area contributed by atoms with E-state index in [9.17, 15) is 5.11 Å².